The van der Waals surface area contributed by atoms with Gasteiger partial charge in [-0.25, -0.2) is 0 Å². The fourth-order valence-electron chi connectivity index (χ4n) is 2.30. The highest BCUT2D eigenvalue weighted by Gasteiger charge is 2.26. The topological polar surface area (TPSA) is 21.1 Å². The van der Waals surface area contributed by atoms with Crippen molar-refractivity contribution in [3.8, 4) is 0 Å². The summed E-state index contributed by atoms with van der Waals surface area (Å²) < 4.78 is 1.89. The first-order valence-corrected chi connectivity index (χ1v) is 7.02. The third kappa shape index (κ3) is 2.78. The highest BCUT2D eigenvalue weighted by molar-refractivity contribution is 6.31. The number of alkyl halides is 1. The zero-order valence-corrected chi connectivity index (χ0v) is 11.9. The lowest BCUT2D eigenvalue weighted by Gasteiger charge is -2.37. The average Bonchev–Trinajstić information content (AvgIpc) is 2.43. The van der Waals surface area contributed by atoms with Crippen molar-refractivity contribution in [2.45, 2.75) is 38.8 Å². The molecule has 1 heterocycles. The number of hydrogen-bond acceptors (Lipinski definition) is 2. The van der Waals surface area contributed by atoms with Gasteiger partial charge in [0.2, 0.25) is 0 Å². The van der Waals surface area contributed by atoms with E-state index in [1.54, 1.807) is 0 Å². The molecule has 0 atom stereocenters. The van der Waals surface area contributed by atoms with Gasteiger partial charge in [0.25, 0.3) is 0 Å². The van der Waals surface area contributed by atoms with Crippen LogP contribution in [0.4, 0.5) is 0 Å². The van der Waals surface area contributed by atoms with Gasteiger partial charge in [0, 0.05) is 32.1 Å². The minimum Gasteiger partial charge on any atom is -0.293 e. The molecular formula is C12H19Cl2N3. The Morgan fingerprint density at radius 2 is 2.18 bits per heavy atom. The van der Waals surface area contributed by atoms with Gasteiger partial charge >= 0.3 is 0 Å². The van der Waals surface area contributed by atoms with E-state index in [4.69, 9.17) is 23.2 Å². The summed E-state index contributed by atoms with van der Waals surface area (Å²) in [6.07, 6.45) is 3.90. The molecule has 0 bridgehead atoms. The van der Waals surface area contributed by atoms with Gasteiger partial charge < -0.3 is 0 Å². The van der Waals surface area contributed by atoms with Crippen molar-refractivity contribution >= 4 is 23.2 Å². The first-order chi connectivity index (χ1) is 8.13. The Morgan fingerprint density at radius 3 is 2.59 bits per heavy atom. The molecule has 1 aromatic heterocycles. The van der Waals surface area contributed by atoms with Gasteiger partial charge in [0.1, 0.15) is 0 Å². The summed E-state index contributed by atoms with van der Waals surface area (Å²) in [6.45, 7) is 3.72. The molecule has 0 radical (unpaired) electrons. The second kappa shape index (κ2) is 5.59. The Labute approximate surface area is 113 Å². The second-order valence-electron chi connectivity index (χ2n) is 4.71. The zero-order valence-electron chi connectivity index (χ0n) is 10.4. The van der Waals surface area contributed by atoms with Crippen LogP contribution in [0, 0.1) is 6.92 Å². The van der Waals surface area contributed by atoms with E-state index < -0.39 is 0 Å². The van der Waals surface area contributed by atoms with Crippen LogP contribution in [-0.4, -0.2) is 33.1 Å². The third-order valence-corrected chi connectivity index (χ3v) is 4.24. The summed E-state index contributed by atoms with van der Waals surface area (Å²) in [6, 6.07) is 0.681. The predicted octanol–water partition coefficient (Wildman–Crippen LogP) is 2.98. The molecule has 1 fully saturated rings. The molecule has 0 N–H and O–H groups in total. The predicted molar refractivity (Wildman–Crippen MR) is 71.7 cm³/mol. The minimum absolute atomic E-state index is 0.672. The third-order valence-electron chi connectivity index (χ3n) is 3.58. The highest BCUT2D eigenvalue weighted by atomic mass is 35.5. The van der Waals surface area contributed by atoms with Gasteiger partial charge in [-0.2, -0.15) is 5.10 Å². The highest BCUT2D eigenvalue weighted by Crippen LogP contribution is 2.28. The van der Waals surface area contributed by atoms with Crippen molar-refractivity contribution in [2.75, 3.05) is 12.4 Å². The monoisotopic (exact) mass is 275 g/mol. The standard InChI is InChI=1S/C12H19Cl2N3/c1-9-12(14)11(16(2)15-9)8-17(7-6-13)10-4-3-5-10/h10H,3-8H2,1-2H3. The van der Waals surface area contributed by atoms with Gasteiger partial charge in [0.05, 0.1) is 16.4 Å². The van der Waals surface area contributed by atoms with E-state index >= 15 is 0 Å². The normalized spacial score (nSPS) is 16.5. The van der Waals surface area contributed by atoms with E-state index in [0.717, 1.165) is 29.5 Å². The molecule has 0 amide bonds. The summed E-state index contributed by atoms with van der Waals surface area (Å²) in [4.78, 5) is 2.43. The first kappa shape index (κ1) is 13.2. The molecule has 0 unspecified atom stereocenters. The number of hydrogen-bond donors (Lipinski definition) is 0. The Bertz CT molecular complexity index is 385. The summed E-state index contributed by atoms with van der Waals surface area (Å²) in [7, 11) is 1.95. The van der Waals surface area contributed by atoms with Crippen molar-refractivity contribution < 1.29 is 0 Å². The van der Waals surface area contributed by atoms with Crippen LogP contribution in [0.15, 0.2) is 0 Å². The molecular weight excluding hydrogens is 257 g/mol. The van der Waals surface area contributed by atoms with Crippen LogP contribution in [0.25, 0.3) is 0 Å². The number of halogens is 2. The average molecular weight is 276 g/mol. The number of aryl methyl sites for hydroxylation is 2. The molecule has 0 saturated heterocycles. The van der Waals surface area contributed by atoms with Crippen LogP contribution in [0.5, 0.6) is 0 Å². The van der Waals surface area contributed by atoms with Gasteiger partial charge in [-0.15, -0.1) is 11.6 Å². The minimum atomic E-state index is 0.672. The van der Waals surface area contributed by atoms with E-state index in [9.17, 15) is 0 Å². The molecule has 1 saturated carbocycles. The number of nitrogens with zero attached hydrogens (tertiary/aromatic N) is 3. The van der Waals surface area contributed by atoms with Crippen LogP contribution >= 0.6 is 23.2 Å². The van der Waals surface area contributed by atoms with Crippen LogP contribution in [-0.2, 0) is 13.6 Å². The van der Waals surface area contributed by atoms with Crippen LogP contribution < -0.4 is 0 Å². The number of rotatable bonds is 5. The van der Waals surface area contributed by atoms with E-state index in [1.807, 2.05) is 18.7 Å². The molecule has 17 heavy (non-hydrogen) atoms. The quantitative estimate of drug-likeness (QED) is 0.771. The van der Waals surface area contributed by atoms with Crippen molar-refractivity contribution in [3.63, 3.8) is 0 Å². The van der Waals surface area contributed by atoms with Crippen LogP contribution in [0.1, 0.15) is 30.7 Å². The van der Waals surface area contributed by atoms with Crippen LogP contribution in [0.3, 0.4) is 0 Å². The Balaban J connectivity index is 2.10. The molecule has 1 aromatic rings. The maximum absolute atomic E-state index is 6.28. The maximum Gasteiger partial charge on any atom is 0.0860 e. The maximum atomic E-state index is 6.28. The molecule has 0 aliphatic heterocycles. The largest absolute Gasteiger partial charge is 0.293 e. The molecule has 96 valence electrons. The summed E-state index contributed by atoms with van der Waals surface area (Å²) in [5.74, 6) is 0.672. The SMILES string of the molecule is Cc1nn(C)c(CN(CCCl)C2CCC2)c1Cl. The second-order valence-corrected chi connectivity index (χ2v) is 5.47. The fourth-order valence-corrected chi connectivity index (χ4v) is 2.73. The van der Waals surface area contributed by atoms with E-state index in [1.165, 1.54) is 19.3 Å². The molecule has 0 aromatic carbocycles. The molecule has 0 spiro atoms. The first-order valence-electron chi connectivity index (χ1n) is 6.11. The lowest BCUT2D eigenvalue weighted by atomic mass is 9.91. The van der Waals surface area contributed by atoms with Gasteiger partial charge in [0.15, 0.2) is 0 Å². The molecule has 2 rings (SSSR count). The van der Waals surface area contributed by atoms with Crippen molar-refractivity contribution in [1.29, 1.82) is 0 Å². The molecule has 1 aliphatic carbocycles. The van der Waals surface area contributed by atoms with E-state index in [2.05, 4.69) is 10.00 Å². The molecule has 5 heteroatoms. The smallest absolute Gasteiger partial charge is 0.0860 e. The Kier molecular flexibility index (Phi) is 4.34. The summed E-state index contributed by atoms with van der Waals surface area (Å²) in [5, 5.41) is 5.15. The van der Waals surface area contributed by atoms with Crippen molar-refractivity contribution in [2.24, 2.45) is 7.05 Å². The summed E-state index contributed by atoms with van der Waals surface area (Å²) in [5.41, 5.74) is 2.00. The lowest BCUT2D eigenvalue weighted by Crippen LogP contribution is -2.41. The zero-order chi connectivity index (χ0) is 12.4. The Morgan fingerprint density at radius 1 is 1.47 bits per heavy atom. The van der Waals surface area contributed by atoms with Crippen molar-refractivity contribution in [3.05, 3.63) is 16.4 Å². The van der Waals surface area contributed by atoms with Crippen LogP contribution in [0.2, 0.25) is 5.02 Å². The lowest BCUT2D eigenvalue weighted by molar-refractivity contribution is 0.124. The van der Waals surface area contributed by atoms with Gasteiger partial charge in [-0.1, -0.05) is 18.0 Å². The van der Waals surface area contributed by atoms with Crippen molar-refractivity contribution in [1.82, 2.24) is 14.7 Å². The van der Waals surface area contributed by atoms with Gasteiger partial charge in [-0.05, 0) is 19.8 Å². The van der Waals surface area contributed by atoms with E-state index in [0.29, 0.717) is 11.9 Å². The summed E-state index contributed by atoms with van der Waals surface area (Å²) >= 11 is 12.2. The Hall–Kier alpha value is -0.250. The molecule has 1 aliphatic rings. The van der Waals surface area contributed by atoms with E-state index in [-0.39, 0.29) is 0 Å². The fraction of sp³-hybridized carbons (Fsp3) is 0.750. The van der Waals surface area contributed by atoms with Gasteiger partial charge in [-0.3, -0.25) is 9.58 Å². The number of aromatic nitrogens is 2. The molecule has 3 nitrogen and oxygen atoms in total.